The molecule has 1 aliphatic rings. The molecule has 3 aromatic rings. The van der Waals surface area contributed by atoms with E-state index in [-0.39, 0.29) is 12.6 Å². The molecule has 7 nitrogen and oxygen atoms in total. The Bertz CT molecular complexity index is 1010. The van der Waals surface area contributed by atoms with Gasteiger partial charge in [-0.1, -0.05) is 43.7 Å². The molecule has 0 unspecified atom stereocenters. The molecule has 0 spiro atoms. The first-order valence-corrected chi connectivity index (χ1v) is 9.17. The summed E-state index contributed by atoms with van der Waals surface area (Å²) < 4.78 is 7.35. The molecule has 1 amide bonds. The minimum absolute atomic E-state index is 0.0444. The largest absolute Gasteiger partial charge is 0.454 e. The van der Waals surface area contributed by atoms with Crippen molar-refractivity contribution < 1.29 is 9.53 Å². The lowest BCUT2D eigenvalue weighted by atomic mass is 9.76. The Morgan fingerprint density at radius 1 is 1.15 bits per heavy atom. The highest BCUT2D eigenvalue weighted by Crippen LogP contribution is 2.40. The Morgan fingerprint density at radius 2 is 1.85 bits per heavy atom. The molecule has 1 aliphatic heterocycles. The van der Waals surface area contributed by atoms with E-state index in [9.17, 15) is 4.79 Å². The van der Waals surface area contributed by atoms with E-state index < -0.39 is 5.41 Å². The van der Waals surface area contributed by atoms with Crippen LogP contribution in [0.25, 0.3) is 16.9 Å². The molecule has 0 radical (unpaired) electrons. The van der Waals surface area contributed by atoms with Gasteiger partial charge in [0.1, 0.15) is 0 Å². The topological polar surface area (TPSA) is 85.8 Å². The fourth-order valence-corrected chi connectivity index (χ4v) is 3.79. The van der Waals surface area contributed by atoms with E-state index in [2.05, 4.69) is 5.10 Å². The molecular weight excluding hydrogens is 342 g/mol. The van der Waals surface area contributed by atoms with E-state index in [4.69, 9.17) is 15.6 Å². The Morgan fingerprint density at radius 3 is 2.52 bits per heavy atom. The first-order valence-electron chi connectivity index (χ1n) is 9.17. The standard InChI is InChI=1S/C20H23N5O2/c1-4-20(5-2)18-17(14-8-6-13(3)7-9-14)22-15-10-11-16(23-25(15)18)27-12-24(21)19(20)26/h6-11H,4-5,12,21H2,1-3H3. The van der Waals surface area contributed by atoms with Gasteiger partial charge in [-0.3, -0.25) is 4.79 Å². The van der Waals surface area contributed by atoms with E-state index in [0.29, 0.717) is 24.4 Å². The number of hydrazine groups is 1. The van der Waals surface area contributed by atoms with Gasteiger partial charge in [-0.15, -0.1) is 5.10 Å². The lowest BCUT2D eigenvalue weighted by Crippen LogP contribution is -2.51. The molecule has 2 N–H and O–H groups in total. The third-order valence-corrected chi connectivity index (χ3v) is 5.46. The number of hydrogen-bond donors (Lipinski definition) is 1. The summed E-state index contributed by atoms with van der Waals surface area (Å²) in [5, 5.41) is 5.74. The zero-order valence-corrected chi connectivity index (χ0v) is 15.8. The van der Waals surface area contributed by atoms with Crippen LogP contribution in [0.4, 0.5) is 0 Å². The summed E-state index contributed by atoms with van der Waals surface area (Å²) in [6.45, 7) is 5.99. The molecule has 0 saturated carbocycles. The lowest BCUT2D eigenvalue weighted by molar-refractivity contribution is -0.141. The zero-order chi connectivity index (χ0) is 19.2. The number of carbonyl (C=O) groups excluding carboxylic acids is 1. The quantitative estimate of drug-likeness (QED) is 0.570. The number of fused-ring (bicyclic) bond motifs is 1. The van der Waals surface area contributed by atoms with Crippen LogP contribution < -0.4 is 10.6 Å². The zero-order valence-electron chi connectivity index (χ0n) is 15.8. The normalized spacial score (nSPS) is 16.1. The van der Waals surface area contributed by atoms with E-state index in [1.54, 1.807) is 10.6 Å². The van der Waals surface area contributed by atoms with Gasteiger partial charge in [-0.05, 0) is 25.8 Å². The second-order valence-electron chi connectivity index (χ2n) is 6.95. The molecule has 4 rings (SSSR count). The number of nitrogens with zero attached hydrogens (tertiary/aromatic N) is 4. The van der Waals surface area contributed by atoms with Crippen LogP contribution in [0.5, 0.6) is 5.88 Å². The maximum atomic E-state index is 13.4. The summed E-state index contributed by atoms with van der Waals surface area (Å²) in [7, 11) is 0. The molecule has 0 aliphatic carbocycles. The monoisotopic (exact) mass is 365 g/mol. The highest BCUT2D eigenvalue weighted by atomic mass is 16.5. The van der Waals surface area contributed by atoms with Gasteiger partial charge in [-0.25, -0.2) is 20.4 Å². The third-order valence-electron chi connectivity index (χ3n) is 5.46. The molecule has 2 bridgehead atoms. The van der Waals surface area contributed by atoms with Gasteiger partial charge in [0, 0.05) is 11.6 Å². The average Bonchev–Trinajstić information content (AvgIpc) is 3.07. The van der Waals surface area contributed by atoms with Gasteiger partial charge < -0.3 is 4.74 Å². The van der Waals surface area contributed by atoms with Crippen molar-refractivity contribution in [2.24, 2.45) is 5.84 Å². The van der Waals surface area contributed by atoms with Crippen LogP contribution in [0.1, 0.15) is 37.9 Å². The maximum absolute atomic E-state index is 13.4. The second kappa shape index (κ2) is 6.35. The average molecular weight is 365 g/mol. The molecule has 7 heteroatoms. The molecule has 1 aromatic carbocycles. The van der Waals surface area contributed by atoms with Crippen molar-refractivity contribution in [1.29, 1.82) is 0 Å². The van der Waals surface area contributed by atoms with Crippen molar-refractivity contribution in [1.82, 2.24) is 19.6 Å². The summed E-state index contributed by atoms with van der Waals surface area (Å²) >= 11 is 0. The second-order valence-corrected chi connectivity index (χ2v) is 6.95. The number of aromatic nitrogens is 3. The van der Waals surface area contributed by atoms with Gasteiger partial charge >= 0.3 is 0 Å². The summed E-state index contributed by atoms with van der Waals surface area (Å²) in [6, 6.07) is 11.7. The minimum Gasteiger partial charge on any atom is -0.454 e. The van der Waals surface area contributed by atoms with Gasteiger partial charge in [0.05, 0.1) is 16.8 Å². The SMILES string of the molecule is CCC1(CC)C(=O)N(N)COc2ccc3nc(-c4ccc(C)cc4)c1n3n2. The lowest BCUT2D eigenvalue weighted by Gasteiger charge is -2.33. The minimum atomic E-state index is -0.840. The Labute approximate surface area is 157 Å². The van der Waals surface area contributed by atoms with Crippen molar-refractivity contribution in [3.63, 3.8) is 0 Å². The van der Waals surface area contributed by atoms with Crippen molar-refractivity contribution in [2.45, 2.75) is 39.0 Å². The molecule has 3 heterocycles. The Balaban J connectivity index is 2.09. The number of nitrogens with two attached hydrogens (primary N) is 1. The van der Waals surface area contributed by atoms with Gasteiger partial charge in [0.25, 0.3) is 5.91 Å². The number of carbonyl (C=O) groups is 1. The number of rotatable bonds is 3. The third kappa shape index (κ3) is 2.57. The maximum Gasteiger partial charge on any atom is 0.251 e. The van der Waals surface area contributed by atoms with E-state index in [1.807, 2.05) is 51.1 Å². The van der Waals surface area contributed by atoms with Gasteiger partial charge in [-0.2, -0.15) is 0 Å². The molecule has 140 valence electrons. The predicted molar refractivity (Wildman–Crippen MR) is 102 cm³/mol. The van der Waals surface area contributed by atoms with Crippen LogP contribution in [0.3, 0.4) is 0 Å². The molecular formula is C20H23N5O2. The van der Waals surface area contributed by atoms with Crippen molar-refractivity contribution >= 4 is 11.6 Å². The predicted octanol–water partition coefficient (Wildman–Crippen LogP) is 2.81. The number of imidazole rings is 1. The van der Waals surface area contributed by atoms with E-state index in [0.717, 1.165) is 27.5 Å². The van der Waals surface area contributed by atoms with Gasteiger partial charge in [0.15, 0.2) is 12.4 Å². The first kappa shape index (κ1) is 17.5. The first-order chi connectivity index (χ1) is 13.0. The molecule has 0 atom stereocenters. The van der Waals surface area contributed by atoms with Crippen LogP contribution >= 0.6 is 0 Å². The van der Waals surface area contributed by atoms with E-state index in [1.165, 1.54) is 0 Å². The molecule has 0 saturated heterocycles. The summed E-state index contributed by atoms with van der Waals surface area (Å²) in [5.41, 5.74) is 3.47. The van der Waals surface area contributed by atoms with Crippen LogP contribution in [-0.2, 0) is 10.2 Å². The van der Waals surface area contributed by atoms with Crippen LogP contribution in [0.2, 0.25) is 0 Å². The Hall–Kier alpha value is -2.93. The summed E-state index contributed by atoms with van der Waals surface area (Å²) in [6.07, 6.45) is 1.16. The van der Waals surface area contributed by atoms with Crippen LogP contribution in [0, 0.1) is 6.92 Å². The number of ether oxygens (including phenoxy) is 1. The fraction of sp³-hybridized carbons (Fsp3) is 0.350. The highest BCUT2D eigenvalue weighted by molar-refractivity contribution is 5.90. The summed E-state index contributed by atoms with van der Waals surface area (Å²) in [5.74, 6) is 6.28. The molecule has 2 aromatic heterocycles. The van der Waals surface area contributed by atoms with Crippen molar-refractivity contribution in [2.75, 3.05) is 6.73 Å². The Kier molecular flexibility index (Phi) is 4.11. The van der Waals surface area contributed by atoms with Crippen LogP contribution in [0.15, 0.2) is 36.4 Å². The number of hydrogen-bond acceptors (Lipinski definition) is 5. The van der Waals surface area contributed by atoms with Crippen LogP contribution in [-0.4, -0.2) is 32.2 Å². The van der Waals surface area contributed by atoms with Crippen molar-refractivity contribution in [3.05, 3.63) is 47.7 Å². The van der Waals surface area contributed by atoms with E-state index >= 15 is 0 Å². The number of amides is 1. The van der Waals surface area contributed by atoms with Gasteiger partial charge in [0.2, 0.25) is 5.88 Å². The number of aryl methyl sites for hydroxylation is 1. The highest BCUT2D eigenvalue weighted by Gasteiger charge is 2.45. The summed E-state index contributed by atoms with van der Waals surface area (Å²) in [4.78, 5) is 18.2. The smallest absolute Gasteiger partial charge is 0.251 e. The van der Waals surface area contributed by atoms with Crippen molar-refractivity contribution in [3.8, 4) is 17.1 Å². The molecule has 27 heavy (non-hydrogen) atoms. The number of benzene rings is 1. The molecule has 0 fully saturated rings. The fourth-order valence-electron chi connectivity index (χ4n) is 3.79.